The zero-order chi connectivity index (χ0) is 44.5. The number of aromatic carboxylic acids is 1. The molecule has 6 rings (SSSR count). The number of sulfonamides is 2. The first-order chi connectivity index (χ1) is 29.7. The Morgan fingerprint density at radius 3 is 1.35 bits per heavy atom. The van der Waals surface area contributed by atoms with Crippen LogP contribution in [0.3, 0.4) is 0 Å². The van der Waals surface area contributed by atoms with Gasteiger partial charge in [0.15, 0.2) is 0 Å². The van der Waals surface area contributed by atoms with Crippen LogP contribution in [0.4, 0.5) is 11.4 Å². The fourth-order valence-electron chi connectivity index (χ4n) is 5.38. The van der Waals surface area contributed by atoms with Crippen LogP contribution in [0.5, 0.6) is 23.0 Å². The van der Waals surface area contributed by atoms with Crippen LogP contribution in [0.25, 0.3) is 0 Å². The molecule has 16 nitrogen and oxygen atoms in total. The highest BCUT2D eigenvalue weighted by Gasteiger charge is 2.17. The number of hydrogen-bond donors (Lipinski definition) is 5. The Labute approximate surface area is 361 Å². The molecule has 0 saturated heterocycles. The highest BCUT2D eigenvalue weighted by molar-refractivity contribution is 7.94. The normalized spacial score (nSPS) is 11.0. The molecule has 0 amide bonds. The first kappa shape index (κ1) is 46.0. The second-order valence-corrected chi connectivity index (χ2v) is 17.3. The molecule has 5 N–H and O–H groups in total. The van der Waals surface area contributed by atoms with Gasteiger partial charge in [-0.1, -0.05) is 42.5 Å². The van der Waals surface area contributed by atoms with Crippen LogP contribution in [-0.2, 0) is 42.5 Å². The van der Waals surface area contributed by atoms with Gasteiger partial charge in [0.05, 0.1) is 23.3 Å². The molecule has 0 bridgehead atoms. The summed E-state index contributed by atoms with van der Waals surface area (Å²) in [7, 11) is -7.46. The van der Waals surface area contributed by atoms with Crippen molar-refractivity contribution < 1.29 is 65.5 Å². The van der Waals surface area contributed by atoms with Crippen LogP contribution in [0.1, 0.15) is 21.5 Å². The Morgan fingerprint density at radius 2 is 0.935 bits per heavy atom. The lowest BCUT2D eigenvalue weighted by atomic mass is 10.1. The molecule has 0 fully saturated rings. The van der Waals surface area contributed by atoms with Gasteiger partial charge in [0, 0.05) is 22.5 Å². The fraction of sp³-hybridized carbons (Fsp3) is 0.140. The Bertz CT molecular complexity index is 2640. The van der Waals surface area contributed by atoms with E-state index < -0.39 is 38.0 Å². The van der Waals surface area contributed by atoms with E-state index in [0.717, 1.165) is 11.3 Å². The average molecular weight is 905 g/mol. The zero-order valence-corrected chi connectivity index (χ0v) is 35.0. The van der Waals surface area contributed by atoms with Crippen LogP contribution in [0, 0.1) is 0 Å². The van der Waals surface area contributed by atoms with Gasteiger partial charge in [-0.3, -0.25) is 19.0 Å². The molecule has 0 aliphatic rings. The quantitative estimate of drug-likeness (QED) is 0.0462. The second kappa shape index (κ2) is 22.0. The number of thiophene rings is 1. The van der Waals surface area contributed by atoms with Gasteiger partial charge in [0.25, 0.3) is 20.0 Å². The fourth-order valence-corrected chi connectivity index (χ4v) is 8.49. The Morgan fingerprint density at radius 1 is 0.500 bits per heavy atom. The molecule has 5 aromatic carbocycles. The van der Waals surface area contributed by atoms with E-state index in [1.807, 2.05) is 0 Å². The summed E-state index contributed by atoms with van der Waals surface area (Å²) in [6, 6.07) is 34.7. The third-order valence-corrected chi connectivity index (χ3v) is 12.4. The van der Waals surface area contributed by atoms with Gasteiger partial charge in [-0.05, 0) is 96.4 Å². The van der Waals surface area contributed by atoms with Crippen molar-refractivity contribution in [2.24, 2.45) is 0 Å². The number of rotatable bonds is 21. The molecule has 0 saturated carbocycles. The molecule has 62 heavy (non-hydrogen) atoms. The summed E-state index contributed by atoms with van der Waals surface area (Å²) >= 11 is 1.15. The van der Waals surface area contributed by atoms with E-state index in [-0.39, 0.29) is 53.9 Å². The van der Waals surface area contributed by atoms with Gasteiger partial charge in [-0.25, -0.2) is 21.6 Å². The number of carbonyl (C=O) groups is 3. The van der Waals surface area contributed by atoms with Gasteiger partial charge in [0.1, 0.15) is 53.6 Å². The van der Waals surface area contributed by atoms with E-state index in [1.54, 1.807) is 102 Å². The molecule has 0 atom stereocenters. The van der Waals surface area contributed by atoms with Crippen molar-refractivity contribution in [3.63, 3.8) is 0 Å². The minimum atomic E-state index is -3.88. The number of anilines is 2. The molecule has 0 radical (unpaired) electrons. The van der Waals surface area contributed by atoms with Crippen molar-refractivity contribution >= 4 is 60.7 Å². The molecular weight excluding hydrogens is 865 g/mol. The minimum Gasteiger partial charge on any atom is -0.490 e. The minimum absolute atomic E-state index is 0.00944. The molecule has 0 aliphatic heterocycles. The maximum atomic E-state index is 12.5. The molecule has 0 unspecified atom stereocenters. The maximum Gasteiger partial charge on any atom is 0.335 e. The lowest BCUT2D eigenvalue weighted by molar-refractivity contribution is -0.137. The van der Waals surface area contributed by atoms with E-state index in [9.17, 15) is 31.2 Å². The summed E-state index contributed by atoms with van der Waals surface area (Å²) in [5, 5.41) is 28.5. The van der Waals surface area contributed by atoms with Crippen LogP contribution in [-0.4, -0.2) is 76.5 Å². The topological polar surface area (TPSA) is 241 Å². The second-order valence-electron chi connectivity index (χ2n) is 12.8. The number of hydrogen-bond acceptors (Lipinski definition) is 12. The Kier molecular flexibility index (Phi) is 16.3. The third-order valence-electron chi connectivity index (χ3n) is 8.23. The SMILES string of the molecule is O=C(O)Cc1ccccc1OCCOc1ccc(NS(=O)(=O)c2ccc(C(=O)O)cc2)cc1.O=C(O)Cc1ccccc1OCCOc1ccc(NS(=O)(=O)c2cccs2)cc1. The van der Waals surface area contributed by atoms with E-state index >= 15 is 0 Å². The molecule has 6 aromatic rings. The molecule has 1 heterocycles. The Hall–Kier alpha value is -7.09. The van der Waals surface area contributed by atoms with Crippen molar-refractivity contribution in [1.82, 2.24) is 0 Å². The lowest BCUT2D eigenvalue weighted by Crippen LogP contribution is -2.13. The predicted octanol–water partition coefficient (Wildman–Crippen LogP) is 6.90. The first-order valence-corrected chi connectivity index (χ1v) is 22.3. The van der Waals surface area contributed by atoms with E-state index in [0.29, 0.717) is 45.5 Å². The number of ether oxygens (including phenoxy) is 4. The molecule has 324 valence electrons. The average Bonchev–Trinajstić information content (AvgIpc) is 3.80. The molecule has 19 heteroatoms. The van der Waals surface area contributed by atoms with Crippen LogP contribution >= 0.6 is 11.3 Å². The summed E-state index contributed by atoms with van der Waals surface area (Å²) in [4.78, 5) is 32.7. The smallest absolute Gasteiger partial charge is 0.335 e. The summed E-state index contributed by atoms with van der Waals surface area (Å²) in [5.41, 5.74) is 1.90. The molecular formula is C43H40N2O14S3. The van der Waals surface area contributed by atoms with Crippen molar-refractivity contribution in [1.29, 1.82) is 0 Å². The highest BCUT2D eigenvalue weighted by Crippen LogP contribution is 2.24. The third kappa shape index (κ3) is 14.3. The van der Waals surface area contributed by atoms with Gasteiger partial charge < -0.3 is 34.3 Å². The largest absolute Gasteiger partial charge is 0.490 e. The summed E-state index contributed by atoms with van der Waals surface area (Å²) in [6.45, 7) is 0.880. The molecule has 0 aliphatic carbocycles. The number of carboxylic acid groups (broad SMARTS) is 3. The van der Waals surface area contributed by atoms with Crippen LogP contribution in [0.2, 0.25) is 0 Å². The van der Waals surface area contributed by atoms with Crippen molar-refractivity contribution in [3.8, 4) is 23.0 Å². The summed E-state index contributed by atoms with van der Waals surface area (Å²) in [6.07, 6.45) is -0.252. The van der Waals surface area contributed by atoms with Crippen molar-refractivity contribution in [3.05, 3.63) is 156 Å². The lowest BCUT2D eigenvalue weighted by Gasteiger charge is -2.12. The van der Waals surface area contributed by atoms with Crippen molar-refractivity contribution in [2.45, 2.75) is 21.9 Å². The first-order valence-electron chi connectivity index (χ1n) is 18.4. The van der Waals surface area contributed by atoms with Crippen molar-refractivity contribution in [2.75, 3.05) is 35.9 Å². The summed E-state index contributed by atoms with van der Waals surface area (Å²) in [5.74, 6) is -0.973. The maximum absolute atomic E-state index is 12.5. The Balaban J connectivity index is 0.000000236. The van der Waals surface area contributed by atoms with Gasteiger partial charge >= 0.3 is 17.9 Å². The number of para-hydroxylation sites is 2. The van der Waals surface area contributed by atoms with Gasteiger partial charge in [-0.2, -0.15) is 0 Å². The van der Waals surface area contributed by atoms with E-state index in [1.165, 1.54) is 36.4 Å². The number of aliphatic carboxylic acids is 2. The van der Waals surface area contributed by atoms with Gasteiger partial charge in [0.2, 0.25) is 0 Å². The zero-order valence-electron chi connectivity index (χ0n) is 32.6. The van der Waals surface area contributed by atoms with E-state index in [2.05, 4.69) is 9.44 Å². The predicted molar refractivity (Wildman–Crippen MR) is 230 cm³/mol. The van der Waals surface area contributed by atoms with E-state index in [4.69, 9.17) is 34.3 Å². The standard InChI is InChI=1S/C23H21NO8S.C20H19NO6S2/c25-22(26)15-17-3-1-2-4-21(17)32-14-13-31-19-9-7-18(8-10-19)24-33(29,30)20-11-5-16(6-12-20)23(27)28;22-19(23)14-15-4-1-2-5-18(15)27-12-11-26-17-9-7-16(8-10-17)21-29(24,25)20-6-3-13-28-20/h1-12,24H,13-15H2,(H,25,26)(H,27,28);1-10,13,21H,11-12,14H2,(H,22,23). The van der Waals surface area contributed by atoms with Crippen LogP contribution in [0.15, 0.2) is 148 Å². The van der Waals surface area contributed by atoms with Gasteiger partial charge in [-0.15, -0.1) is 11.3 Å². The monoisotopic (exact) mass is 904 g/mol. The highest BCUT2D eigenvalue weighted by atomic mass is 32.2. The molecule has 0 spiro atoms. The summed E-state index contributed by atoms with van der Waals surface area (Å²) < 4.78 is 76.9. The number of benzene rings is 5. The molecule has 1 aromatic heterocycles. The number of nitrogens with one attached hydrogen (secondary N) is 2. The number of carboxylic acids is 3. The van der Waals surface area contributed by atoms with Crippen LogP contribution < -0.4 is 28.4 Å².